The van der Waals surface area contributed by atoms with Crippen LogP contribution in [0.5, 0.6) is 0 Å². The number of hydrogen-bond donors (Lipinski definition) is 1. The van der Waals surface area contributed by atoms with Crippen LogP contribution in [-0.4, -0.2) is 34.3 Å². The Balaban J connectivity index is 1.43. The first-order chi connectivity index (χ1) is 14.5. The van der Waals surface area contributed by atoms with Gasteiger partial charge in [0.1, 0.15) is 11.3 Å². The van der Waals surface area contributed by atoms with Crippen LogP contribution < -0.4 is 5.73 Å². The summed E-state index contributed by atoms with van der Waals surface area (Å²) in [6, 6.07) is 4.37. The van der Waals surface area contributed by atoms with E-state index in [2.05, 4.69) is 44.5 Å². The molecule has 0 spiro atoms. The van der Waals surface area contributed by atoms with Gasteiger partial charge in [-0.15, -0.1) is 0 Å². The number of nitrogens with two attached hydrogens (primary N) is 1. The largest absolute Gasteiger partial charge is 0.382 e. The molecule has 1 aliphatic rings. The predicted octanol–water partition coefficient (Wildman–Crippen LogP) is 3.56. The zero-order chi connectivity index (χ0) is 20.8. The van der Waals surface area contributed by atoms with Crippen molar-refractivity contribution in [2.45, 2.75) is 52.6 Å². The standard InChI is InChI=1S/C22H26N8/c1-13(2)30-14(3)26-19-10-25-17(9-20(19)30)8-16-6-7-24-22(27-16)18-12-29(28-21(18)23)11-15-4-5-15/h6-7,9-10,12-13,15H,4-5,8,11H2,1-3H3,(H2,23,28). The Hall–Kier alpha value is -3.29. The molecular weight excluding hydrogens is 376 g/mol. The lowest BCUT2D eigenvalue weighted by Gasteiger charge is -2.11. The molecule has 0 saturated heterocycles. The molecule has 1 saturated carbocycles. The Morgan fingerprint density at radius 2 is 2.00 bits per heavy atom. The summed E-state index contributed by atoms with van der Waals surface area (Å²) in [5.74, 6) is 2.81. The molecule has 0 bridgehead atoms. The van der Waals surface area contributed by atoms with Gasteiger partial charge in [-0.2, -0.15) is 5.10 Å². The van der Waals surface area contributed by atoms with Crippen LogP contribution >= 0.6 is 0 Å². The van der Waals surface area contributed by atoms with E-state index in [-0.39, 0.29) is 0 Å². The van der Waals surface area contributed by atoms with Crippen molar-refractivity contribution < 1.29 is 0 Å². The third kappa shape index (κ3) is 3.53. The molecule has 0 atom stereocenters. The van der Waals surface area contributed by atoms with Gasteiger partial charge in [0, 0.05) is 37.1 Å². The molecule has 1 fully saturated rings. The van der Waals surface area contributed by atoms with Gasteiger partial charge < -0.3 is 10.3 Å². The zero-order valence-corrected chi connectivity index (χ0v) is 17.6. The third-order valence-electron chi connectivity index (χ3n) is 5.57. The molecule has 0 aliphatic heterocycles. The van der Waals surface area contributed by atoms with Gasteiger partial charge in [-0.1, -0.05) is 0 Å². The highest BCUT2D eigenvalue weighted by molar-refractivity contribution is 5.75. The third-order valence-corrected chi connectivity index (χ3v) is 5.57. The first kappa shape index (κ1) is 18.7. The fraction of sp³-hybridized carbons (Fsp3) is 0.409. The number of aryl methyl sites for hydroxylation is 1. The summed E-state index contributed by atoms with van der Waals surface area (Å²) in [5, 5.41) is 4.44. The minimum atomic E-state index is 0.339. The van der Waals surface area contributed by atoms with Crippen LogP contribution in [0.4, 0.5) is 5.82 Å². The molecule has 8 nitrogen and oxygen atoms in total. The number of pyridine rings is 1. The molecule has 4 aromatic heterocycles. The molecular formula is C22H26N8. The first-order valence-corrected chi connectivity index (χ1v) is 10.5. The number of imidazole rings is 1. The Labute approximate surface area is 175 Å². The topological polar surface area (TPSA) is 100 Å². The van der Waals surface area contributed by atoms with Crippen molar-refractivity contribution >= 4 is 16.9 Å². The van der Waals surface area contributed by atoms with Crippen molar-refractivity contribution in [3.63, 3.8) is 0 Å². The average Bonchev–Trinajstić information content (AvgIpc) is 3.34. The molecule has 154 valence electrons. The second-order valence-corrected chi connectivity index (χ2v) is 8.43. The Morgan fingerprint density at radius 3 is 2.77 bits per heavy atom. The number of hydrogen-bond acceptors (Lipinski definition) is 6. The van der Waals surface area contributed by atoms with Crippen LogP contribution in [0.25, 0.3) is 22.4 Å². The first-order valence-electron chi connectivity index (χ1n) is 10.5. The molecule has 2 N–H and O–H groups in total. The van der Waals surface area contributed by atoms with E-state index in [4.69, 9.17) is 10.7 Å². The summed E-state index contributed by atoms with van der Waals surface area (Å²) in [6.45, 7) is 7.28. The maximum absolute atomic E-state index is 6.15. The van der Waals surface area contributed by atoms with Crippen LogP contribution in [-0.2, 0) is 13.0 Å². The summed E-state index contributed by atoms with van der Waals surface area (Å²) in [7, 11) is 0. The quantitative estimate of drug-likeness (QED) is 0.529. The van der Waals surface area contributed by atoms with Crippen molar-refractivity contribution in [3.05, 3.63) is 47.9 Å². The monoisotopic (exact) mass is 402 g/mol. The molecule has 0 amide bonds. The summed E-state index contributed by atoms with van der Waals surface area (Å²) in [6.07, 6.45) is 8.74. The number of anilines is 1. The van der Waals surface area contributed by atoms with E-state index in [1.54, 1.807) is 6.20 Å². The van der Waals surface area contributed by atoms with Gasteiger partial charge in [0.25, 0.3) is 0 Å². The predicted molar refractivity (Wildman–Crippen MR) is 116 cm³/mol. The Bertz CT molecular complexity index is 1220. The zero-order valence-electron chi connectivity index (χ0n) is 17.6. The van der Waals surface area contributed by atoms with E-state index in [0.717, 1.165) is 46.3 Å². The maximum Gasteiger partial charge on any atom is 0.164 e. The summed E-state index contributed by atoms with van der Waals surface area (Å²) in [4.78, 5) is 18.4. The van der Waals surface area contributed by atoms with E-state index < -0.39 is 0 Å². The van der Waals surface area contributed by atoms with Gasteiger partial charge in [-0.3, -0.25) is 9.67 Å². The molecule has 4 aromatic rings. The second kappa shape index (κ2) is 7.19. The van der Waals surface area contributed by atoms with Crippen molar-refractivity contribution in [1.82, 2.24) is 34.3 Å². The van der Waals surface area contributed by atoms with Gasteiger partial charge in [0.15, 0.2) is 11.6 Å². The molecule has 0 aromatic carbocycles. The van der Waals surface area contributed by atoms with E-state index in [1.807, 2.05) is 30.1 Å². The molecule has 4 heterocycles. The molecule has 5 rings (SSSR count). The van der Waals surface area contributed by atoms with Crippen molar-refractivity contribution in [3.8, 4) is 11.4 Å². The number of fused-ring (bicyclic) bond motifs is 1. The lowest BCUT2D eigenvalue weighted by Crippen LogP contribution is -2.03. The molecule has 30 heavy (non-hydrogen) atoms. The normalized spacial score (nSPS) is 14.1. The number of aromatic nitrogens is 7. The van der Waals surface area contributed by atoms with E-state index in [0.29, 0.717) is 24.1 Å². The molecule has 0 radical (unpaired) electrons. The minimum absolute atomic E-state index is 0.339. The number of nitrogens with zero attached hydrogens (tertiary/aromatic N) is 7. The van der Waals surface area contributed by atoms with Gasteiger partial charge in [0.2, 0.25) is 0 Å². The van der Waals surface area contributed by atoms with E-state index in [9.17, 15) is 0 Å². The highest BCUT2D eigenvalue weighted by Gasteiger charge is 2.23. The van der Waals surface area contributed by atoms with Crippen LogP contribution in [0.2, 0.25) is 0 Å². The van der Waals surface area contributed by atoms with Crippen LogP contribution in [0.3, 0.4) is 0 Å². The van der Waals surface area contributed by atoms with E-state index >= 15 is 0 Å². The van der Waals surface area contributed by atoms with Gasteiger partial charge in [-0.25, -0.2) is 15.0 Å². The van der Waals surface area contributed by atoms with E-state index in [1.165, 1.54) is 12.8 Å². The number of nitrogen functional groups attached to an aromatic ring is 1. The second-order valence-electron chi connectivity index (χ2n) is 8.43. The number of rotatable bonds is 6. The highest BCUT2D eigenvalue weighted by atomic mass is 15.3. The Morgan fingerprint density at radius 1 is 1.17 bits per heavy atom. The van der Waals surface area contributed by atoms with Gasteiger partial charge in [-0.05, 0) is 51.7 Å². The fourth-order valence-electron chi connectivity index (χ4n) is 3.99. The lowest BCUT2D eigenvalue weighted by molar-refractivity contribution is 0.565. The molecule has 1 aliphatic carbocycles. The average molecular weight is 403 g/mol. The summed E-state index contributed by atoms with van der Waals surface area (Å²) in [5.41, 5.74) is 10.8. The van der Waals surface area contributed by atoms with Crippen molar-refractivity contribution in [2.75, 3.05) is 5.73 Å². The molecule has 8 heteroatoms. The van der Waals surface area contributed by atoms with Gasteiger partial charge >= 0.3 is 0 Å². The smallest absolute Gasteiger partial charge is 0.164 e. The fourth-order valence-corrected chi connectivity index (χ4v) is 3.99. The Kier molecular flexibility index (Phi) is 4.49. The van der Waals surface area contributed by atoms with Crippen LogP contribution in [0, 0.1) is 12.8 Å². The van der Waals surface area contributed by atoms with Crippen molar-refractivity contribution in [2.24, 2.45) is 5.92 Å². The summed E-state index contributed by atoms with van der Waals surface area (Å²) < 4.78 is 4.16. The highest BCUT2D eigenvalue weighted by Crippen LogP contribution is 2.31. The van der Waals surface area contributed by atoms with Crippen LogP contribution in [0.15, 0.2) is 30.7 Å². The maximum atomic E-state index is 6.15. The SMILES string of the molecule is Cc1nc2cnc(Cc3ccnc(-c4cn(CC5CC5)nc4N)n3)cc2n1C(C)C. The minimum Gasteiger partial charge on any atom is -0.382 e. The van der Waals surface area contributed by atoms with Crippen LogP contribution in [0.1, 0.15) is 49.9 Å². The van der Waals surface area contributed by atoms with Gasteiger partial charge in [0.05, 0.1) is 23.0 Å². The summed E-state index contributed by atoms with van der Waals surface area (Å²) >= 11 is 0. The van der Waals surface area contributed by atoms with Crippen molar-refractivity contribution in [1.29, 1.82) is 0 Å². The molecule has 0 unspecified atom stereocenters. The lowest BCUT2D eigenvalue weighted by atomic mass is 10.2.